The Labute approximate surface area is 205 Å². The highest BCUT2D eigenvalue weighted by Crippen LogP contribution is 2.23. The minimum absolute atomic E-state index is 0.00692. The lowest BCUT2D eigenvalue weighted by atomic mass is 9.95. The van der Waals surface area contributed by atoms with E-state index in [4.69, 9.17) is 0 Å². The van der Waals surface area contributed by atoms with Crippen molar-refractivity contribution in [2.45, 2.75) is 19.9 Å². The lowest BCUT2D eigenvalue weighted by Crippen LogP contribution is -2.36. The number of pyridine rings is 1. The summed E-state index contributed by atoms with van der Waals surface area (Å²) in [6, 6.07) is 18.0. The van der Waals surface area contributed by atoms with Crippen molar-refractivity contribution < 1.29 is 9.59 Å². The van der Waals surface area contributed by atoms with Crippen LogP contribution in [-0.4, -0.2) is 62.3 Å². The molecule has 35 heavy (non-hydrogen) atoms. The molecule has 0 aliphatic carbocycles. The lowest BCUT2D eigenvalue weighted by Gasteiger charge is -2.25. The van der Waals surface area contributed by atoms with Crippen LogP contribution in [0.1, 0.15) is 28.4 Å². The molecule has 2 aromatic carbocycles. The summed E-state index contributed by atoms with van der Waals surface area (Å²) in [5.74, 6) is 0.184. The molecule has 0 unspecified atom stereocenters. The van der Waals surface area contributed by atoms with E-state index in [0.29, 0.717) is 38.3 Å². The average Bonchev–Trinajstić information content (AvgIpc) is 3.28. The van der Waals surface area contributed by atoms with Crippen molar-refractivity contribution >= 4 is 22.7 Å². The van der Waals surface area contributed by atoms with Gasteiger partial charge in [-0.25, -0.2) is 4.98 Å². The number of fused-ring (bicyclic) bond motifs is 1. The van der Waals surface area contributed by atoms with E-state index in [1.807, 2.05) is 63.0 Å². The minimum Gasteiger partial charge on any atom is -0.341 e. The van der Waals surface area contributed by atoms with E-state index in [1.165, 1.54) is 5.56 Å². The highest BCUT2D eigenvalue weighted by molar-refractivity contribution is 5.94. The molecule has 2 amide bonds. The monoisotopic (exact) mass is 467 g/mol. The summed E-state index contributed by atoms with van der Waals surface area (Å²) in [5, 5.41) is 1.12. The Balaban J connectivity index is 1.38. The lowest BCUT2D eigenvalue weighted by molar-refractivity contribution is -0.129. The summed E-state index contributed by atoms with van der Waals surface area (Å²) in [4.78, 5) is 38.3. The zero-order valence-corrected chi connectivity index (χ0v) is 19.9. The van der Waals surface area contributed by atoms with E-state index in [-0.39, 0.29) is 17.7 Å². The molecule has 5 rings (SSSR count). The van der Waals surface area contributed by atoms with Gasteiger partial charge in [0.1, 0.15) is 0 Å². The number of aromatic nitrogens is 3. The van der Waals surface area contributed by atoms with Crippen LogP contribution in [0, 0.1) is 5.92 Å². The van der Waals surface area contributed by atoms with Crippen LogP contribution < -0.4 is 0 Å². The molecule has 1 fully saturated rings. The third kappa shape index (κ3) is 5.24. The molecule has 1 aliphatic rings. The number of nitrogens with zero attached hydrogens (tertiary/aromatic N) is 5. The van der Waals surface area contributed by atoms with Crippen LogP contribution in [0.2, 0.25) is 0 Å². The SMILES string of the molecule is CC(=O)N1CCN(C(=O)c2cccc(Cn3ccnc3)c2)C[C@H](Cc2cccc3ncccc23)C1. The van der Waals surface area contributed by atoms with Crippen molar-refractivity contribution in [2.75, 3.05) is 26.2 Å². The number of carbonyl (C=O) groups is 2. The van der Waals surface area contributed by atoms with Crippen LogP contribution in [-0.2, 0) is 17.8 Å². The van der Waals surface area contributed by atoms with Gasteiger partial charge in [-0.2, -0.15) is 0 Å². The fourth-order valence-corrected chi connectivity index (χ4v) is 4.94. The van der Waals surface area contributed by atoms with E-state index < -0.39 is 0 Å². The fourth-order valence-electron chi connectivity index (χ4n) is 4.94. The topological polar surface area (TPSA) is 71.3 Å². The van der Waals surface area contributed by atoms with Gasteiger partial charge in [0.05, 0.1) is 11.8 Å². The first-order valence-corrected chi connectivity index (χ1v) is 12.0. The van der Waals surface area contributed by atoms with Crippen molar-refractivity contribution in [1.29, 1.82) is 0 Å². The second kappa shape index (κ2) is 10.1. The molecular formula is C28H29N5O2. The number of benzene rings is 2. The van der Waals surface area contributed by atoms with Gasteiger partial charge in [0.2, 0.25) is 5.91 Å². The first kappa shape index (κ1) is 22.8. The Morgan fingerprint density at radius 3 is 2.63 bits per heavy atom. The summed E-state index contributed by atoms with van der Waals surface area (Å²) in [6.07, 6.45) is 8.01. The smallest absolute Gasteiger partial charge is 0.253 e. The van der Waals surface area contributed by atoms with Gasteiger partial charge in [0.15, 0.2) is 0 Å². The summed E-state index contributed by atoms with van der Waals surface area (Å²) in [7, 11) is 0. The summed E-state index contributed by atoms with van der Waals surface area (Å²) in [5.41, 5.74) is 3.88. The van der Waals surface area contributed by atoms with Gasteiger partial charge in [-0.3, -0.25) is 14.6 Å². The van der Waals surface area contributed by atoms with Gasteiger partial charge in [-0.15, -0.1) is 0 Å². The Morgan fingerprint density at radius 2 is 1.80 bits per heavy atom. The molecule has 7 heteroatoms. The number of hydrogen-bond acceptors (Lipinski definition) is 4. The Morgan fingerprint density at radius 1 is 0.971 bits per heavy atom. The molecule has 0 radical (unpaired) electrons. The number of carbonyl (C=O) groups excluding carboxylic acids is 2. The first-order chi connectivity index (χ1) is 17.1. The molecule has 0 N–H and O–H groups in total. The molecule has 4 aromatic rings. The van der Waals surface area contributed by atoms with Crippen LogP contribution in [0.25, 0.3) is 10.9 Å². The maximum atomic E-state index is 13.6. The van der Waals surface area contributed by atoms with E-state index in [2.05, 4.69) is 22.1 Å². The van der Waals surface area contributed by atoms with Crippen LogP contribution >= 0.6 is 0 Å². The molecular weight excluding hydrogens is 438 g/mol. The largest absolute Gasteiger partial charge is 0.341 e. The molecule has 2 aromatic heterocycles. The number of rotatable bonds is 5. The average molecular weight is 468 g/mol. The van der Waals surface area contributed by atoms with Crippen molar-refractivity contribution in [1.82, 2.24) is 24.3 Å². The van der Waals surface area contributed by atoms with Gasteiger partial charge in [0.25, 0.3) is 5.91 Å². The normalized spacial score (nSPS) is 16.3. The molecule has 7 nitrogen and oxygen atoms in total. The zero-order valence-electron chi connectivity index (χ0n) is 19.9. The molecule has 0 spiro atoms. The zero-order chi connectivity index (χ0) is 24.2. The Bertz CT molecular complexity index is 1330. The third-order valence-electron chi connectivity index (χ3n) is 6.67. The van der Waals surface area contributed by atoms with Gasteiger partial charge in [0, 0.05) is 69.2 Å². The predicted molar refractivity (Wildman–Crippen MR) is 135 cm³/mol. The van der Waals surface area contributed by atoms with Crippen LogP contribution in [0.15, 0.2) is 79.5 Å². The molecule has 3 heterocycles. The predicted octanol–water partition coefficient (Wildman–Crippen LogP) is 3.64. The first-order valence-electron chi connectivity index (χ1n) is 12.0. The highest BCUT2D eigenvalue weighted by Gasteiger charge is 2.28. The van der Waals surface area contributed by atoms with Crippen LogP contribution in [0.3, 0.4) is 0 Å². The molecule has 1 aliphatic heterocycles. The summed E-state index contributed by atoms with van der Waals surface area (Å²) >= 11 is 0. The summed E-state index contributed by atoms with van der Waals surface area (Å²) in [6.45, 7) is 4.58. The number of amides is 2. The molecule has 0 saturated carbocycles. The number of imidazole rings is 1. The molecule has 0 bridgehead atoms. The number of hydrogen-bond donors (Lipinski definition) is 0. The van der Waals surface area contributed by atoms with Crippen LogP contribution in [0.4, 0.5) is 0 Å². The summed E-state index contributed by atoms with van der Waals surface area (Å²) < 4.78 is 1.98. The van der Waals surface area contributed by atoms with Crippen molar-refractivity contribution in [3.63, 3.8) is 0 Å². The maximum absolute atomic E-state index is 13.6. The van der Waals surface area contributed by atoms with Gasteiger partial charge in [-0.05, 0) is 47.7 Å². The molecule has 178 valence electrons. The Hall–Kier alpha value is -4.00. The maximum Gasteiger partial charge on any atom is 0.253 e. The molecule has 1 atom stereocenters. The van der Waals surface area contributed by atoms with E-state index in [0.717, 1.165) is 22.9 Å². The quantitative estimate of drug-likeness (QED) is 0.449. The Kier molecular flexibility index (Phi) is 6.57. The second-order valence-electron chi connectivity index (χ2n) is 9.21. The van der Waals surface area contributed by atoms with Gasteiger partial charge in [-0.1, -0.05) is 30.3 Å². The fraction of sp³-hybridized carbons (Fsp3) is 0.286. The van der Waals surface area contributed by atoms with Crippen molar-refractivity contribution in [2.24, 2.45) is 5.92 Å². The third-order valence-corrected chi connectivity index (χ3v) is 6.67. The van der Waals surface area contributed by atoms with Gasteiger partial charge < -0.3 is 14.4 Å². The highest BCUT2D eigenvalue weighted by atomic mass is 16.2. The van der Waals surface area contributed by atoms with Crippen molar-refractivity contribution in [3.8, 4) is 0 Å². The van der Waals surface area contributed by atoms with E-state index in [9.17, 15) is 9.59 Å². The van der Waals surface area contributed by atoms with Crippen LogP contribution in [0.5, 0.6) is 0 Å². The molecule has 1 saturated heterocycles. The minimum atomic E-state index is 0.00692. The van der Waals surface area contributed by atoms with Gasteiger partial charge >= 0.3 is 0 Å². The van der Waals surface area contributed by atoms with E-state index >= 15 is 0 Å². The van der Waals surface area contributed by atoms with E-state index in [1.54, 1.807) is 25.6 Å². The second-order valence-corrected chi connectivity index (χ2v) is 9.21. The van der Waals surface area contributed by atoms with Crippen molar-refractivity contribution in [3.05, 3.63) is 96.2 Å². The standard InChI is InChI=1S/C28H29N5O2/c1-21(34)32-13-14-33(28(35)25-7-2-5-22(15-25)17-31-12-11-29-20-31)19-23(18-32)16-24-6-3-9-27-26(24)8-4-10-30-27/h2-12,15,20,23H,13-14,16-19H2,1H3/t23-/m1/s1.